The fourth-order valence-electron chi connectivity index (χ4n) is 10.2. The second kappa shape index (κ2) is 18.7. The Bertz CT molecular complexity index is 2300. The van der Waals surface area contributed by atoms with Crippen molar-refractivity contribution in [2.75, 3.05) is 50.8 Å². The number of ether oxygens (including phenoxy) is 1. The van der Waals surface area contributed by atoms with Gasteiger partial charge in [0.2, 0.25) is 5.36 Å². The van der Waals surface area contributed by atoms with Crippen LogP contribution < -0.4 is 35.2 Å². The Balaban J connectivity index is 1.05. The van der Waals surface area contributed by atoms with Crippen LogP contribution in [-0.4, -0.2) is 74.6 Å². The number of nitrogens with one attached hydrogen (secondary N) is 1. The number of carboxylic acids is 1. The van der Waals surface area contributed by atoms with Gasteiger partial charge in [0.25, 0.3) is 14.4 Å². The van der Waals surface area contributed by atoms with E-state index in [4.69, 9.17) is 19.0 Å². The first-order valence-electron chi connectivity index (χ1n) is 22.4. The van der Waals surface area contributed by atoms with Crippen molar-refractivity contribution in [3.05, 3.63) is 85.4 Å². The van der Waals surface area contributed by atoms with Gasteiger partial charge in [0.1, 0.15) is 24.6 Å². The van der Waals surface area contributed by atoms with E-state index in [9.17, 15) is 14.7 Å². The van der Waals surface area contributed by atoms with E-state index in [1.54, 1.807) is 18.2 Å². The fraction of sp³-hybridized carbons (Fsp3) is 0.542. The van der Waals surface area contributed by atoms with E-state index in [-0.39, 0.29) is 23.6 Å². The van der Waals surface area contributed by atoms with E-state index in [1.807, 2.05) is 0 Å². The zero-order chi connectivity index (χ0) is 41.9. The minimum Gasteiger partial charge on any atom is -0.545 e. The summed E-state index contributed by atoms with van der Waals surface area (Å²) in [5.74, 6) is 0.197. The third-order valence-corrected chi connectivity index (χ3v) is 14.8. The van der Waals surface area contributed by atoms with Gasteiger partial charge in [0, 0.05) is 88.9 Å². The van der Waals surface area contributed by atoms with Gasteiger partial charge in [-0.1, -0.05) is 18.9 Å². The Morgan fingerprint density at radius 2 is 1.60 bits per heavy atom. The molecule has 5 aliphatic heterocycles. The molecule has 1 atom stereocenters. The molecule has 318 valence electrons. The van der Waals surface area contributed by atoms with Gasteiger partial charge < -0.3 is 33.9 Å². The van der Waals surface area contributed by atoms with Crippen molar-refractivity contribution in [1.29, 1.82) is 5.26 Å². The number of nitrogens with zero attached hydrogens (tertiary/aromatic N) is 4. The highest BCUT2D eigenvalue weighted by molar-refractivity contribution is 7.44. The monoisotopic (exact) mass is 833 g/mol. The molecule has 1 unspecified atom stereocenters. The highest BCUT2D eigenvalue weighted by Gasteiger charge is 2.36. The number of aryl methyl sites for hydroxylation is 2. The summed E-state index contributed by atoms with van der Waals surface area (Å²) in [6.07, 6.45) is 11.9. The number of carbonyl (C=O) groups excluding carboxylic acids is 2. The van der Waals surface area contributed by atoms with Crippen LogP contribution in [0, 0.1) is 11.3 Å². The van der Waals surface area contributed by atoms with Crippen LogP contribution in [0.1, 0.15) is 140 Å². The summed E-state index contributed by atoms with van der Waals surface area (Å²) in [4.78, 5) is 29.3. The van der Waals surface area contributed by atoms with Crippen LogP contribution in [-0.2, 0) is 34.7 Å². The van der Waals surface area contributed by atoms with Crippen molar-refractivity contribution in [2.45, 2.75) is 123 Å². The molecule has 0 radical (unpaired) electrons. The second-order valence-corrected chi connectivity index (χ2v) is 18.9. The van der Waals surface area contributed by atoms with Gasteiger partial charge in [-0.15, -0.1) is 0 Å². The number of anilines is 1. The number of carboxylic acid groups (broad SMARTS) is 1. The molecular weight excluding hydrogens is 774 g/mol. The first kappa shape index (κ1) is 42.4. The lowest BCUT2D eigenvalue weighted by Gasteiger charge is -2.39. The van der Waals surface area contributed by atoms with Crippen molar-refractivity contribution in [1.82, 2.24) is 14.6 Å². The van der Waals surface area contributed by atoms with Gasteiger partial charge in [-0.2, -0.15) is 5.26 Å². The first-order valence-corrected chi connectivity index (χ1v) is 23.6. The fourth-order valence-corrected chi connectivity index (χ4v) is 11.8. The summed E-state index contributed by atoms with van der Waals surface area (Å²) < 4.78 is 24.2. The Hall–Kier alpha value is -4.33. The van der Waals surface area contributed by atoms with E-state index < -0.39 is 14.5 Å². The van der Waals surface area contributed by atoms with E-state index in [0.29, 0.717) is 37.3 Å². The Morgan fingerprint density at radius 3 is 2.37 bits per heavy atom. The van der Waals surface area contributed by atoms with Crippen molar-refractivity contribution in [3.63, 3.8) is 0 Å². The van der Waals surface area contributed by atoms with E-state index >= 15 is 0 Å². The maximum Gasteiger partial charge on any atom is 0.259 e. The first-order chi connectivity index (χ1) is 29.2. The van der Waals surface area contributed by atoms with Gasteiger partial charge in [0.05, 0.1) is 37.2 Å². The molecule has 8 rings (SSSR count). The van der Waals surface area contributed by atoms with Gasteiger partial charge in [-0.25, -0.2) is 9.25 Å². The van der Waals surface area contributed by atoms with Gasteiger partial charge in [-0.3, -0.25) is 4.79 Å². The highest BCUT2D eigenvalue weighted by Crippen LogP contribution is 2.49. The summed E-state index contributed by atoms with van der Waals surface area (Å²) in [6, 6.07) is 12.1. The normalized spacial score (nSPS) is 16.8. The van der Waals surface area contributed by atoms with Crippen LogP contribution in [0.25, 0.3) is 5.57 Å². The predicted molar refractivity (Wildman–Crippen MR) is 233 cm³/mol. The summed E-state index contributed by atoms with van der Waals surface area (Å²) >= 11 is 0. The average Bonchev–Trinajstić information content (AvgIpc) is 3.24. The summed E-state index contributed by atoms with van der Waals surface area (Å²) in [6.45, 7) is 14.1. The van der Waals surface area contributed by atoms with Crippen molar-refractivity contribution in [2.24, 2.45) is 0 Å². The molecule has 0 spiro atoms. The van der Waals surface area contributed by atoms with Gasteiger partial charge >= 0.3 is 0 Å². The minimum absolute atomic E-state index is 0.0765. The molecule has 5 aliphatic rings. The molecule has 0 aromatic heterocycles. The number of aromatic carboxylic acids is 1. The maximum absolute atomic E-state index is 13.8. The number of rotatable bonds is 17. The van der Waals surface area contributed by atoms with Crippen LogP contribution in [0.15, 0.2) is 30.3 Å². The van der Waals surface area contributed by atoms with Gasteiger partial charge in [0.15, 0.2) is 0 Å². The van der Waals surface area contributed by atoms with Crippen LogP contribution in [0.5, 0.6) is 11.5 Å². The quantitative estimate of drug-likeness (QED) is 0.0766. The number of carbonyl (C=O) groups is 2. The molecule has 11 nitrogen and oxygen atoms in total. The molecule has 1 N–H and O–H groups in total. The number of hydrogen-bond acceptors (Lipinski definition) is 9. The molecule has 0 saturated heterocycles. The van der Waals surface area contributed by atoms with Crippen LogP contribution in [0.4, 0.5) is 5.69 Å². The minimum atomic E-state index is -1.26. The molecule has 0 saturated carbocycles. The lowest BCUT2D eigenvalue weighted by Crippen LogP contribution is -2.45. The van der Waals surface area contributed by atoms with E-state index in [1.165, 1.54) is 33.3 Å². The molecule has 60 heavy (non-hydrogen) atoms. The molecule has 0 fully saturated rings. The SMILES string of the molecule is CC(C)N(C(C)C)P(OCCC#N)OCCCCCCNC(=O)c1ccc(C(=O)[O-])c(C2=c3cc4c5c(c3Oc3c2cc2c6c3CCCN6CCC2)CCC[N+]=5CCC4)c1. The number of hydrogen-bond donors (Lipinski definition) is 1. The zero-order valence-electron chi connectivity index (χ0n) is 35.9. The number of unbranched alkanes of at least 4 members (excludes halogenated alkanes) is 3. The van der Waals surface area contributed by atoms with Crippen LogP contribution in [0.2, 0.25) is 0 Å². The van der Waals surface area contributed by atoms with Crippen LogP contribution >= 0.6 is 8.53 Å². The number of fused-ring (bicyclic) bond motifs is 4. The average molecular weight is 834 g/mol. The third-order valence-electron chi connectivity index (χ3n) is 12.7. The van der Waals surface area contributed by atoms with E-state index in [2.05, 4.69) is 65.4 Å². The maximum atomic E-state index is 13.8. The lowest BCUT2D eigenvalue weighted by atomic mass is 9.81. The Labute approximate surface area is 356 Å². The standard InChI is InChI=1S/C48H60N5O6P/c1-31(2)53(32(3)4)60(58-27-13-20-49)57-26-8-6-5-7-21-50-47(54)35-18-19-36(48(55)56)39(30-35)42-40-28-33-14-9-22-51-24-11-16-37(43(33)51)45(40)59-46-38-17-12-25-52-23-10-15-34(44(38)52)29-41(42)46/h18-19,28-32H,5-17,21-27H2,1-4H3,(H-,50,54,55,56). The number of benzene rings is 3. The summed E-state index contributed by atoms with van der Waals surface area (Å²) in [7, 11) is -1.26. The third kappa shape index (κ3) is 8.46. The van der Waals surface area contributed by atoms with Crippen molar-refractivity contribution >= 4 is 31.7 Å². The molecule has 3 aromatic rings. The van der Waals surface area contributed by atoms with Crippen molar-refractivity contribution in [3.8, 4) is 17.6 Å². The highest BCUT2D eigenvalue weighted by atomic mass is 31.2. The lowest BCUT2D eigenvalue weighted by molar-refractivity contribution is -0.255. The predicted octanol–water partition coefficient (Wildman–Crippen LogP) is 6.07. The summed E-state index contributed by atoms with van der Waals surface area (Å²) in [5, 5.41) is 27.3. The molecule has 3 aromatic carbocycles. The number of amides is 1. The molecule has 0 bridgehead atoms. The molecule has 12 heteroatoms. The molecule has 0 aliphatic carbocycles. The Kier molecular flexibility index (Phi) is 13.2. The molecule has 5 heterocycles. The molecule has 1 amide bonds. The van der Waals surface area contributed by atoms with Crippen LogP contribution in [0.3, 0.4) is 0 Å². The topological polar surface area (TPSA) is 130 Å². The van der Waals surface area contributed by atoms with Gasteiger partial charge in [-0.05, 0) is 114 Å². The zero-order valence-corrected chi connectivity index (χ0v) is 36.8. The largest absolute Gasteiger partial charge is 0.545 e. The van der Waals surface area contributed by atoms with Crippen molar-refractivity contribution < 1.29 is 28.5 Å². The second-order valence-electron chi connectivity index (χ2n) is 17.4. The number of nitriles is 1. The summed E-state index contributed by atoms with van der Waals surface area (Å²) in [5.41, 5.74) is 9.08. The Morgan fingerprint density at radius 1 is 0.883 bits per heavy atom. The molecular formula is C48H60N5O6P. The van der Waals surface area contributed by atoms with E-state index in [0.717, 1.165) is 131 Å². The smallest absolute Gasteiger partial charge is 0.259 e.